The SMILES string of the molecule is Cc1ccc(-c2cc3c(=O)n(CCC(=O)N4CCSCC4)ccn3n2)cc1C. The number of benzene rings is 1. The minimum Gasteiger partial charge on any atom is -0.341 e. The lowest BCUT2D eigenvalue weighted by Gasteiger charge is -2.26. The van der Waals surface area contributed by atoms with Crippen molar-refractivity contribution in [1.29, 1.82) is 0 Å². The van der Waals surface area contributed by atoms with Gasteiger partial charge in [0.1, 0.15) is 5.52 Å². The summed E-state index contributed by atoms with van der Waals surface area (Å²) < 4.78 is 3.23. The average Bonchev–Trinajstić information content (AvgIpc) is 3.15. The highest BCUT2D eigenvalue weighted by molar-refractivity contribution is 7.99. The highest BCUT2D eigenvalue weighted by atomic mass is 32.2. The third-order valence-corrected chi connectivity index (χ3v) is 6.28. The topological polar surface area (TPSA) is 59.6 Å². The Bertz CT molecular complexity index is 1080. The van der Waals surface area contributed by atoms with Gasteiger partial charge in [0.25, 0.3) is 5.56 Å². The number of amides is 1. The predicted molar refractivity (Wildman–Crippen MR) is 113 cm³/mol. The zero-order chi connectivity index (χ0) is 19.7. The second kappa shape index (κ2) is 7.83. The number of hydrogen-bond donors (Lipinski definition) is 0. The van der Waals surface area contributed by atoms with Gasteiger partial charge < -0.3 is 9.47 Å². The molecule has 0 aliphatic carbocycles. The monoisotopic (exact) mass is 396 g/mol. The Morgan fingerprint density at radius 1 is 1.11 bits per heavy atom. The summed E-state index contributed by atoms with van der Waals surface area (Å²) in [6.07, 6.45) is 3.84. The van der Waals surface area contributed by atoms with Crippen LogP contribution in [0.3, 0.4) is 0 Å². The van der Waals surface area contributed by atoms with Crippen LogP contribution in [0.25, 0.3) is 16.8 Å². The van der Waals surface area contributed by atoms with Crippen LogP contribution in [0.5, 0.6) is 0 Å². The molecule has 146 valence electrons. The molecule has 1 aliphatic rings. The molecule has 1 aromatic carbocycles. The van der Waals surface area contributed by atoms with E-state index in [1.54, 1.807) is 21.5 Å². The lowest BCUT2D eigenvalue weighted by Crippen LogP contribution is -2.38. The molecule has 0 radical (unpaired) electrons. The average molecular weight is 397 g/mol. The van der Waals surface area contributed by atoms with Gasteiger partial charge in [-0.15, -0.1) is 0 Å². The van der Waals surface area contributed by atoms with E-state index in [0.717, 1.165) is 35.9 Å². The normalized spacial score (nSPS) is 14.6. The maximum absolute atomic E-state index is 12.9. The molecule has 28 heavy (non-hydrogen) atoms. The van der Waals surface area contributed by atoms with E-state index >= 15 is 0 Å². The molecule has 1 fully saturated rings. The van der Waals surface area contributed by atoms with Crippen molar-refractivity contribution in [2.24, 2.45) is 0 Å². The molecule has 2 aromatic heterocycles. The van der Waals surface area contributed by atoms with Crippen molar-refractivity contribution in [3.8, 4) is 11.3 Å². The highest BCUT2D eigenvalue weighted by Crippen LogP contribution is 2.21. The van der Waals surface area contributed by atoms with Gasteiger partial charge in [-0.25, -0.2) is 4.52 Å². The largest absolute Gasteiger partial charge is 0.341 e. The van der Waals surface area contributed by atoms with Crippen molar-refractivity contribution in [1.82, 2.24) is 19.1 Å². The predicted octanol–water partition coefficient (Wildman–Crippen LogP) is 2.75. The summed E-state index contributed by atoms with van der Waals surface area (Å²) in [4.78, 5) is 27.1. The van der Waals surface area contributed by atoms with Crippen molar-refractivity contribution in [3.05, 3.63) is 58.1 Å². The Kier molecular flexibility index (Phi) is 5.26. The zero-order valence-electron chi connectivity index (χ0n) is 16.2. The zero-order valence-corrected chi connectivity index (χ0v) is 17.0. The first-order valence-electron chi connectivity index (χ1n) is 9.55. The van der Waals surface area contributed by atoms with E-state index in [9.17, 15) is 9.59 Å². The molecule has 7 heteroatoms. The summed E-state index contributed by atoms with van der Waals surface area (Å²) in [5.74, 6) is 2.11. The fourth-order valence-corrected chi connectivity index (χ4v) is 4.33. The quantitative estimate of drug-likeness (QED) is 0.680. The van der Waals surface area contributed by atoms with Crippen molar-refractivity contribution in [2.45, 2.75) is 26.8 Å². The molecule has 1 saturated heterocycles. The fourth-order valence-electron chi connectivity index (χ4n) is 3.43. The first-order chi connectivity index (χ1) is 13.5. The molecule has 0 N–H and O–H groups in total. The molecule has 1 amide bonds. The van der Waals surface area contributed by atoms with Gasteiger partial charge in [0.15, 0.2) is 0 Å². The van der Waals surface area contributed by atoms with Crippen molar-refractivity contribution >= 4 is 23.2 Å². The molecule has 0 spiro atoms. The number of thioether (sulfide) groups is 1. The van der Waals surface area contributed by atoms with Crippen LogP contribution in [0.2, 0.25) is 0 Å². The van der Waals surface area contributed by atoms with E-state index in [0.29, 0.717) is 18.5 Å². The van der Waals surface area contributed by atoms with E-state index in [-0.39, 0.29) is 11.5 Å². The minimum absolute atomic E-state index is 0.118. The van der Waals surface area contributed by atoms with E-state index in [2.05, 4.69) is 31.1 Å². The van der Waals surface area contributed by atoms with Gasteiger partial charge in [0.2, 0.25) is 5.91 Å². The van der Waals surface area contributed by atoms with Crippen LogP contribution >= 0.6 is 11.8 Å². The van der Waals surface area contributed by atoms with Crippen LogP contribution in [0.4, 0.5) is 0 Å². The van der Waals surface area contributed by atoms with Gasteiger partial charge in [0, 0.05) is 55.5 Å². The van der Waals surface area contributed by atoms with Crippen LogP contribution < -0.4 is 5.56 Å². The van der Waals surface area contributed by atoms with Crippen LogP contribution in [-0.4, -0.2) is 49.6 Å². The van der Waals surface area contributed by atoms with Crippen LogP contribution in [0.15, 0.2) is 41.5 Å². The lowest BCUT2D eigenvalue weighted by atomic mass is 10.0. The van der Waals surface area contributed by atoms with Gasteiger partial charge in [-0.05, 0) is 37.1 Å². The van der Waals surface area contributed by atoms with Crippen molar-refractivity contribution < 1.29 is 4.79 Å². The number of aromatic nitrogens is 3. The Hall–Kier alpha value is -2.54. The van der Waals surface area contributed by atoms with Gasteiger partial charge >= 0.3 is 0 Å². The van der Waals surface area contributed by atoms with Gasteiger partial charge in [0.05, 0.1) is 5.69 Å². The highest BCUT2D eigenvalue weighted by Gasteiger charge is 2.17. The molecule has 3 heterocycles. The Morgan fingerprint density at radius 2 is 1.89 bits per heavy atom. The molecule has 4 rings (SSSR count). The fraction of sp³-hybridized carbons (Fsp3) is 0.381. The molecule has 1 aliphatic heterocycles. The summed E-state index contributed by atoms with van der Waals surface area (Å²) in [7, 11) is 0. The number of fused-ring (bicyclic) bond motifs is 1. The third-order valence-electron chi connectivity index (χ3n) is 5.34. The number of nitrogens with zero attached hydrogens (tertiary/aromatic N) is 4. The summed E-state index contributed by atoms with van der Waals surface area (Å²) in [6, 6.07) is 8.01. The number of carbonyl (C=O) groups excluding carboxylic acids is 1. The van der Waals surface area contributed by atoms with E-state index in [1.165, 1.54) is 11.1 Å². The third kappa shape index (κ3) is 3.71. The van der Waals surface area contributed by atoms with E-state index in [4.69, 9.17) is 0 Å². The Morgan fingerprint density at radius 3 is 2.64 bits per heavy atom. The molecule has 0 bridgehead atoms. The number of carbonyl (C=O) groups is 1. The molecule has 3 aromatic rings. The molecule has 0 saturated carbocycles. The van der Waals surface area contributed by atoms with Gasteiger partial charge in [-0.1, -0.05) is 12.1 Å². The second-order valence-corrected chi connectivity index (χ2v) is 8.42. The van der Waals surface area contributed by atoms with Crippen molar-refractivity contribution in [2.75, 3.05) is 24.6 Å². The maximum Gasteiger partial charge on any atom is 0.276 e. The van der Waals surface area contributed by atoms with Crippen molar-refractivity contribution in [3.63, 3.8) is 0 Å². The van der Waals surface area contributed by atoms with Crippen LogP contribution in [0, 0.1) is 13.8 Å². The molecule has 0 unspecified atom stereocenters. The lowest BCUT2D eigenvalue weighted by molar-refractivity contribution is -0.131. The van der Waals surface area contributed by atoms with Gasteiger partial charge in [-0.3, -0.25) is 9.59 Å². The molecule has 0 atom stereocenters. The number of hydrogen-bond acceptors (Lipinski definition) is 4. The smallest absolute Gasteiger partial charge is 0.276 e. The van der Waals surface area contributed by atoms with Gasteiger partial charge in [-0.2, -0.15) is 16.9 Å². The first kappa shape index (κ1) is 18.8. The Labute approximate surface area is 168 Å². The molecule has 6 nitrogen and oxygen atoms in total. The molecular formula is C21H24N4O2S. The Balaban J connectivity index is 1.56. The maximum atomic E-state index is 12.9. The number of rotatable bonds is 4. The minimum atomic E-state index is -0.118. The summed E-state index contributed by atoms with van der Waals surface area (Å²) in [5, 5.41) is 4.55. The molecular weight excluding hydrogens is 372 g/mol. The number of aryl methyl sites for hydroxylation is 3. The van der Waals surface area contributed by atoms with Crippen LogP contribution in [0.1, 0.15) is 17.5 Å². The summed E-state index contributed by atoms with van der Waals surface area (Å²) >= 11 is 1.88. The first-order valence-corrected chi connectivity index (χ1v) is 10.7. The second-order valence-electron chi connectivity index (χ2n) is 7.20. The van der Waals surface area contributed by atoms with Crippen LogP contribution in [-0.2, 0) is 11.3 Å². The van der Waals surface area contributed by atoms with E-state index in [1.807, 2.05) is 28.8 Å². The summed E-state index contributed by atoms with van der Waals surface area (Å²) in [5.41, 5.74) is 4.61. The standard InChI is InChI=1S/C21H24N4O2S/c1-15-3-4-17(13-16(15)2)18-14-19-21(27)24(7-8-25(19)22-18)6-5-20(26)23-9-11-28-12-10-23/h3-4,7-8,13-14H,5-6,9-12H2,1-2H3. The summed E-state index contributed by atoms with van der Waals surface area (Å²) in [6.45, 7) is 6.14. The van der Waals surface area contributed by atoms with E-state index < -0.39 is 0 Å².